The molecule has 0 spiro atoms. The van der Waals surface area contributed by atoms with E-state index in [0.717, 1.165) is 0 Å². The summed E-state index contributed by atoms with van der Waals surface area (Å²) < 4.78 is 23.3. The van der Waals surface area contributed by atoms with E-state index in [1.165, 1.54) is 31.4 Å². The Labute approximate surface area is 151 Å². The molecule has 2 aromatic carbocycles. The number of halogens is 1. The number of carbonyl (C=O) groups is 2. The van der Waals surface area contributed by atoms with Crippen molar-refractivity contribution in [2.24, 2.45) is 0 Å². The number of rotatable bonds is 9. The Morgan fingerprint density at radius 1 is 1.00 bits per heavy atom. The van der Waals surface area contributed by atoms with E-state index in [9.17, 15) is 14.0 Å². The summed E-state index contributed by atoms with van der Waals surface area (Å²) in [6, 6.07) is 12.5. The Hall–Kier alpha value is -3.09. The first-order valence-corrected chi connectivity index (χ1v) is 8.16. The van der Waals surface area contributed by atoms with Crippen molar-refractivity contribution in [1.29, 1.82) is 0 Å². The van der Waals surface area contributed by atoms with Gasteiger partial charge in [-0.15, -0.1) is 0 Å². The van der Waals surface area contributed by atoms with Crippen molar-refractivity contribution in [3.63, 3.8) is 0 Å². The second-order valence-corrected chi connectivity index (χ2v) is 5.36. The third-order valence-corrected chi connectivity index (χ3v) is 3.50. The zero-order chi connectivity index (χ0) is 18.8. The van der Waals surface area contributed by atoms with Gasteiger partial charge in [-0.1, -0.05) is 12.1 Å². The molecule has 0 aliphatic carbocycles. The van der Waals surface area contributed by atoms with Crippen LogP contribution in [-0.4, -0.2) is 38.6 Å². The van der Waals surface area contributed by atoms with E-state index in [0.29, 0.717) is 23.6 Å². The first-order valence-electron chi connectivity index (χ1n) is 8.16. The van der Waals surface area contributed by atoms with E-state index in [1.54, 1.807) is 24.3 Å². The van der Waals surface area contributed by atoms with Crippen molar-refractivity contribution >= 4 is 11.8 Å². The predicted molar refractivity (Wildman–Crippen MR) is 94.8 cm³/mol. The highest BCUT2D eigenvalue weighted by Gasteiger charge is 2.11. The number of hydrogen-bond donors (Lipinski definition) is 2. The minimum atomic E-state index is -0.333. The fourth-order valence-corrected chi connectivity index (χ4v) is 2.20. The lowest BCUT2D eigenvalue weighted by Gasteiger charge is -2.10. The normalized spacial score (nSPS) is 10.1. The van der Waals surface area contributed by atoms with Crippen LogP contribution >= 0.6 is 0 Å². The highest BCUT2D eigenvalue weighted by atomic mass is 19.1. The van der Waals surface area contributed by atoms with Crippen molar-refractivity contribution in [2.75, 3.05) is 26.8 Å². The van der Waals surface area contributed by atoms with Crippen molar-refractivity contribution in [1.82, 2.24) is 10.6 Å². The average Bonchev–Trinajstić information content (AvgIpc) is 2.66. The Balaban J connectivity index is 1.62. The first kappa shape index (κ1) is 19.2. The summed E-state index contributed by atoms with van der Waals surface area (Å²) in [5.41, 5.74) is 0.420. The lowest BCUT2D eigenvalue weighted by Crippen LogP contribution is -2.32. The van der Waals surface area contributed by atoms with Crippen LogP contribution in [0.4, 0.5) is 4.39 Å². The summed E-state index contributed by atoms with van der Waals surface area (Å²) in [4.78, 5) is 23.8. The Morgan fingerprint density at radius 2 is 1.73 bits per heavy atom. The second-order valence-electron chi connectivity index (χ2n) is 5.36. The van der Waals surface area contributed by atoms with Crippen LogP contribution in [0.1, 0.15) is 16.8 Å². The van der Waals surface area contributed by atoms with Gasteiger partial charge in [0.25, 0.3) is 5.91 Å². The fraction of sp³-hybridized carbons (Fsp3) is 0.263. The molecule has 0 aliphatic heterocycles. The number of benzene rings is 2. The number of amides is 2. The molecule has 0 heterocycles. The zero-order valence-corrected chi connectivity index (χ0v) is 14.5. The summed E-state index contributed by atoms with van der Waals surface area (Å²) in [5.74, 6) is 0.181. The number of nitrogens with one attached hydrogen (secondary N) is 2. The molecule has 0 bridgehead atoms. The summed E-state index contributed by atoms with van der Waals surface area (Å²) >= 11 is 0. The van der Waals surface area contributed by atoms with Crippen LogP contribution in [0.5, 0.6) is 11.5 Å². The minimum Gasteiger partial charge on any atom is -0.496 e. The number of methoxy groups -OCH3 is 1. The van der Waals surface area contributed by atoms with Crippen molar-refractivity contribution in [2.45, 2.75) is 6.42 Å². The van der Waals surface area contributed by atoms with Gasteiger partial charge < -0.3 is 20.1 Å². The van der Waals surface area contributed by atoms with Gasteiger partial charge in [0.2, 0.25) is 5.91 Å². The van der Waals surface area contributed by atoms with Crippen molar-refractivity contribution < 1.29 is 23.5 Å². The van der Waals surface area contributed by atoms with E-state index in [-0.39, 0.29) is 37.2 Å². The predicted octanol–water partition coefficient (Wildman–Crippen LogP) is 2.15. The third kappa shape index (κ3) is 6.08. The van der Waals surface area contributed by atoms with Gasteiger partial charge >= 0.3 is 0 Å². The molecule has 0 atom stereocenters. The summed E-state index contributed by atoms with van der Waals surface area (Å²) in [6.45, 7) is 0.795. The Kier molecular flexibility index (Phi) is 7.42. The van der Waals surface area contributed by atoms with Gasteiger partial charge in [0.15, 0.2) is 0 Å². The smallest absolute Gasteiger partial charge is 0.255 e. The SMILES string of the molecule is COc1ccccc1C(=O)NCCC(=O)NCCOc1ccc(F)cc1. The standard InChI is InChI=1S/C19H21FN2O4/c1-25-17-5-3-2-4-16(17)19(24)22-11-10-18(23)21-12-13-26-15-8-6-14(20)7-9-15/h2-9H,10-13H2,1H3,(H,21,23)(H,22,24). The van der Waals surface area contributed by atoms with Crippen LogP contribution < -0.4 is 20.1 Å². The van der Waals surface area contributed by atoms with Crippen LogP contribution in [0.3, 0.4) is 0 Å². The highest BCUT2D eigenvalue weighted by Crippen LogP contribution is 2.16. The van der Waals surface area contributed by atoms with E-state index in [2.05, 4.69) is 10.6 Å². The zero-order valence-electron chi connectivity index (χ0n) is 14.5. The van der Waals surface area contributed by atoms with Crippen LogP contribution in [0, 0.1) is 5.82 Å². The molecule has 2 aromatic rings. The quantitative estimate of drug-likeness (QED) is 0.672. The van der Waals surface area contributed by atoms with E-state index >= 15 is 0 Å². The largest absolute Gasteiger partial charge is 0.496 e. The molecule has 6 nitrogen and oxygen atoms in total. The molecule has 0 fully saturated rings. The summed E-state index contributed by atoms with van der Waals surface area (Å²) in [5, 5.41) is 5.37. The molecule has 2 rings (SSSR count). The van der Waals surface area contributed by atoms with Gasteiger partial charge in [-0.3, -0.25) is 9.59 Å². The van der Waals surface area contributed by atoms with E-state index < -0.39 is 0 Å². The first-order chi connectivity index (χ1) is 12.6. The van der Waals surface area contributed by atoms with Gasteiger partial charge in [-0.25, -0.2) is 4.39 Å². The molecule has 0 saturated heterocycles. The summed E-state index contributed by atoms with van der Waals surface area (Å²) in [6.07, 6.45) is 0.150. The van der Waals surface area contributed by atoms with Gasteiger partial charge in [-0.2, -0.15) is 0 Å². The van der Waals surface area contributed by atoms with Gasteiger partial charge in [-0.05, 0) is 36.4 Å². The monoisotopic (exact) mass is 360 g/mol. The van der Waals surface area contributed by atoms with E-state index in [4.69, 9.17) is 9.47 Å². The lowest BCUT2D eigenvalue weighted by molar-refractivity contribution is -0.121. The Morgan fingerprint density at radius 3 is 2.46 bits per heavy atom. The van der Waals surface area contributed by atoms with Crippen LogP contribution in [0.15, 0.2) is 48.5 Å². The van der Waals surface area contributed by atoms with Gasteiger partial charge in [0.1, 0.15) is 23.9 Å². The number of carbonyl (C=O) groups excluding carboxylic acids is 2. The van der Waals surface area contributed by atoms with Crippen LogP contribution in [0.25, 0.3) is 0 Å². The average molecular weight is 360 g/mol. The maximum Gasteiger partial charge on any atom is 0.255 e. The Bertz CT molecular complexity index is 735. The molecular weight excluding hydrogens is 339 g/mol. The molecule has 0 aromatic heterocycles. The second kappa shape index (κ2) is 10.0. The maximum absolute atomic E-state index is 12.8. The van der Waals surface area contributed by atoms with Gasteiger partial charge in [0.05, 0.1) is 19.2 Å². The molecule has 2 amide bonds. The fourth-order valence-electron chi connectivity index (χ4n) is 2.20. The van der Waals surface area contributed by atoms with Gasteiger partial charge in [0, 0.05) is 13.0 Å². The molecule has 0 radical (unpaired) electrons. The summed E-state index contributed by atoms with van der Waals surface area (Å²) in [7, 11) is 1.49. The van der Waals surface area contributed by atoms with Crippen molar-refractivity contribution in [3.05, 3.63) is 59.9 Å². The van der Waals surface area contributed by atoms with E-state index in [1.807, 2.05) is 0 Å². The molecule has 26 heavy (non-hydrogen) atoms. The van der Waals surface area contributed by atoms with Crippen molar-refractivity contribution in [3.8, 4) is 11.5 Å². The van der Waals surface area contributed by atoms with Crippen LogP contribution in [0.2, 0.25) is 0 Å². The molecule has 2 N–H and O–H groups in total. The third-order valence-electron chi connectivity index (χ3n) is 3.50. The number of hydrogen-bond acceptors (Lipinski definition) is 4. The van der Waals surface area contributed by atoms with Crippen LogP contribution in [-0.2, 0) is 4.79 Å². The lowest BCUT2D eigenvalue weighted by atomic mass is 10.2. The molecule has 138 valence electrons. The topological polar surface area (TPSA) is 76.7 Å². The number of para-hydroxylation sites is 1. The highest BCUT2D eigenvalue weighted by molar-refractivity contribution is 5.97. The maximum atomic E-state index is 12.8. The molecule has 0 unspecified atom stereocenters. The molecule has 7 heteroatoms. The molecular formula is C19H21FN2O4. The molecule has 0 aliphatic rings. The minimum absolute atomic E-state index is 0.150. The number of ether oxygens (including phenoxy) is 2. The molecule has 0 saturated carbocycles.